The van der Waals surface area contributed by atoms with Crippen LogP contribution in [0, 0.1) is 0 Å². The molecule has 3 aromatic rings. The minimum atomic E-state index is -4.64. The molecule has 0 saturated heterocycles. The lowest BCUT2D eigenvalue weighted by molar-refractivity contribution is -0.137. The van der Waals surface area contributed by atoms with Gasteiger partial charge in [-0.15, -0.1) is 11.3 Å². The van der Waals surface area contributed by atoms with Gasteiger partial charge < -0.3 is 15.5 Å². The standard InChI is InChI=1S/C27H28ClF3N4O4S/c1-16(36)11-35(12-17(2)37)13-19-4-3-5-20(8-19)25(38)33-24-15-40-14-21(24)26(39)34-32-10-18-6-7-23(28)22(9-18)27(29,30)31/h3-10,14-17,36-37H,11-13H2,1-2H3,(H,33,38)(H,34,39). The number of hydrazone groups is 1. The van der Waals surface area contributed by atoms with E-state index in [0.29, 0.717) is 25.2 Å². The summed E-state index contributed by atoms with van der Waals surface area (Å²) < 4.78 is 39.2. The van der Waals surface area contributed by atoms with Gasteiger partial charge in [-0.25, -0.2) is 5.43 Å². The van der Waals surface area contributed by atoms with Gasteiger partial charge in [-0.05, 0) is 49.2 Å². The van der Waals surface area contributed by atoms with E-state index in [1.54, 1.807) is 37.4 Å². The van der Waals surface area contributed by atoms with E-state index in [2.05, 4.69) is 15.8 Å². The number of halogens is 4. The largest absolute Gasteiger partial charge is 0.417 e. The fourth-order valence-corrected chi connectivity index (χ4v) is 4.84. The molecule has 1 heterocycles. The van der Waals surface area contributed by atoms with Crippen molar-refractivity contribution in [1.82, 2.24) is 10.3 Å². The Kier molecular flexibility index (Phi) is 10.8. The topological polar surface area (TPSA) is 114 Å². The molecule has 0 radical (unpaired) electrons. The minimum Gasteiger partial charge on any atom is -0.392 e. The predicted octanol–water partition coefficient (Wildman–Crippen LogP) is 5.00. The normalized spacial score (nSPS) is 13.4. The minimum absolute atomic E-state index is 0.0798. The third-order valence-corrected chi connectivity index (χ3v) is 6.54. The van der Waals surface area contributed by atoms with E-state index >= 15 is 0 Å². The second-order valence-corrected chi connectivity index (χ2v) is 10.3. The van der Waals surface area contributed by atoms with Crippen molar-refractivity contribution in [2.45, 2.75) is 38.8 Å². The number of nitrogens with zero attached hydrogens (tertiary/aromatic N) is 2. The van der Waals surface area contributed by atoms with Gasteiger partial charge in [0.2, 0.25) is 0 Å². The summed E-state index contributed by atoms with van der Waals surface area (Å²) in [4.78, 5) is 27.5. The summed E-state index contributed by atoms with van der Waals surface area (Å²) in [7, 11) is 0. The fraction of sp³-hybridized carbons (Fsp3) is 0.296. The van der Waals surface area contributed by atoms with E-state index < -0.39 is 40.8 Å². The lowest BCUT2D eigenvalue weighted by Crippen LogP contribution is -2.35. The monoisotopic (exact) mass is 596 g/mol. The first-order valence-electron chi connectivity index (χ1n) is 12.1. The van der Waals surface area contributed by atoms with Crippen LogP contribution in [0.2, 0.25) is 5.02 Å². The van der Waals surface area contributed by atoms with Crippen LogP contribution in [0.25, 0.3) is 0 Å². The van der Waals surface area contributed by atoms with Crippen LogP contribution in [0.4, 0.5) is 18.9 Å². The molecular weight excluding hydrogens is 569 g/mol. The molecule has 0 spiro atoms. The molecule has 0 fully saturated rings. The Morgan fingerprint density at radius 2 is 1.77 bits per heavy atom. The average Bonchev–Trinajstić information content (AvgIpc) is 3.32. The highest BCUT2D eigenvalue weighted by Crippen LogP contribution is 2.34. The van der Waals surface area contributed by atoms with Crippen LogP contribution in [0.3, 0.4) is 0 Å². The molecule has 0 bridgehead atoms. The maximum Gasteiger partial charge on any atom is 0.417 e. The zero-order valence-electron chi connectivity index (χ0n) is 21.6. The number of amides is 2. The number of hydrogen-bond acceptors (Lipinski definition) is 7. The van der Waals surface area contributed by atoms with E-state index in [0.717, 1.165) is 23.9 Å². The molecule has 40 heavy (non-hydrogen) atoms. The lowest BCUT2D eigenvalue weighted by atomic mass is 10.1. The summed E-state index contributed by atoms with van der Waals surface area (Å²) in [6.45, 7) is 4.40. The van der Waals surface area contributed by atoms with Gasteiger partial charge in [-0.3, -0.25) is 14.5 Å². The predicted molar refractivity (Wildman–Crippen MR) is 149 cm³/mol. The molecule has 0 aliphatic rings. The van der Waals surface area contributed by atoms with E-state index in [9.17, 15) is 33.0 Å². The average molecular weight is 597 g/mol. The summed E-state index contributed by atoms with van der Waals surface area (Å²) in [5, 5.41) is 28.6. The maximum atomic E-state index is 13.1. The Labute approximate surface area is 238 Å². The Morgan fingerprint density at radius 1 is 1.07 bits per heavy atom. The molecule has 1 aromatic heterocycles. The quantitative estimate of drug-likeness (QED) is 0.184. The molecule has 8 nitrogen and oxygen atoms in total. The zero-order valence-corrected chi connectivity index (χ0v) is 23.1. The number of thiophene rings is 1. The van der Waals surface area contributed by atoms with Gasteiger partial charge >= 0.3 is 6.18 Å². The SMILES string of the molecule is CC(O)CN(Cc1cccc(C(=O)Nc2cscc2C(=O)NN=Cc2ccc(Cl)c(C(F)(F)F)c2)c1)CC(C)O. The lowest BCUT2D eigenvalue weighted by Gasteiger charge is -2.25. The first kappa shape index (κ1) is 31.2. The molecule has 2 atom stereocenters. The number of carbonyl (C=O) groups excluding carboxylic acids is 2. The Morgan fingerprint density at radius 3 is 2.42 bits per heavy atom. The number of alkyl halides is 3. The second kappa shape index (κ2) is 13.9. The molecule has 2 aromatic carbocycles. The number of aliphatic hydroxyl groups excluding tert-OH is 2. The van der Waals surface area contributed by atoms with Gasteiger partial charge in [0.05, 0.1) is 40.3 Å². The Hall–Kier alpha value is -3.29. The van der Waals surface area contributed by atoms with Gasteiger partial charge in [0.25, 0.3) is 11.8 Å². The number of nitrogens with one attached hydrogen (secondary N) is 2. The van der Waals surface area contributed by atoms with Crippen molar-refractivity contribution in [3.63, 3.8) is 0 Å². The van der Waals surface area contributed by atoms with Crippen LogP contribution in [0.5, 0.6) is 0 Å². The number of carbonyl (C=O) groups is 2. The number of anilines is 1. The van der Waals surface area contributed by atoms with Gasteiger partial charge in [0.1, 0.15) is 0 Å². The molecular formula is C27H28ClF3N4O4S. The molecule has 3 rings (SSSR count). The summed E-state index contributed by atoms with van der Waals surface area (Å²) in [5.74, 6) is -1.13. The highest BCUT2D eigenvalue weighted by atomic mass is 35.5. The summed E-state index contributed by atoms with van der Waals surface area (Å²) in [5.41, 5.74) is 2.80. The summed E-state index contributed by atoms with van der Waals surface area (Å²) >= 11 is 6.78. The molecule has 13 heteroatoms. The first-order valence-corrected chi connectivity index (χ1v) is 13.4. The van der Waals surface area contributed by atoms with Crippen molar-refractivity contribution in [2.75, 3.05) is 18.4 Å². The molecule has 214 valence electrons. The number of rotatable bonds is 11. The molecule has 0 aliphatic carbocycles. The van der Waals surface area contributed by atoms with E-state index in [4.69, 9.17) is 11.6 Å². The Balaban J connectivity index is 1.66. The number of aliphatic hydroxyl groups is 2. The molecule has 2 amide bonds. The number of benzene rings is 2. The smallest absolute Gasteiger partial charge is 0.392 e. The van der Waals surface area contributed by atoms with Crippen LogP contribution >= 0.6 is 22.9 Å². The molecule has 2 unspecified atom stereocenters. The first-order chi connectivity index (χ1) is 18.8. The second-order valence-electron chi connectivity index (χ2n) is 9.18. The maximum absolute atomic E-state index is 13.1. The van der Waals surface area contributed by atoms with Crippen molar-refractivity contribution in [3.05, 3.63) is 86.1 Å². The number of hydrogen-bond donors (Lipinski definition) is 4. The van der Waals surface area contributed by atoms with Crippen molar-refractivity contribution >= 4 is 46.7 Å². The molecule has 0 aliphatic heterocycles. The fourth-order valence-electron chi connectivity index (χ4n) is 3.85. The van der Waals surface area contributed by atoms with Gasteiger partial charge in [0.15, 0.2) is 0 Å². The van der Waals surface area contributed by atoms with E-state index in [1.807, 2.05) is 11.0 Å². The van der Waals surface area contributed by atoms with Gasteiger partial charge in [0, 0.05) is 36.0 Å². The van der Waals surface area contributed by atoms with Crippen LogP contribution in [0.15, 0.2) is 58.3 Å². The van der Waals surface area contributed by atoms with Crippen LogP contribution < -0.4 is 10.7 Å². The van der Waals surface area contributed by atoms with Crippen LogP contribution in [0.1, 0.15) is 51.3 Å². The van der Waals surface area contributed by atoms with Gasteiger partial charge in [-0.2, -0.15) is 18.3 Å². The molecule has 0 saturated carbocycles. The van der Waals surface area contributed by atoms with Crippen LogP contribution in [-0.4, -0.2) is 58.4 Å². The van der Waals surface area contributed by atoms with E-state index in [1.165, 1.54) is 22.8 Å². The summed E-state index contributed by atoms with van der Waals surface area (Å²) in [6, 6.07) is 10.1. The van der Waals surface area contributed by atoms with Crippen LogP contribution in [-0.2, 0) is 12.7 Å². The third-order valence-electron chi connectivity index (χ3n) is 5.47. The molecule has 4 N–H and O–H groups in total. The van der Waals surface area contributed by atoms with Crippen molar-refractivity contribution in [3.8, 4) is 0 Å². The summed E-state index contributed by atoms with van der Waals surface area (Å²) in [6.07, 6.45) is -4.77. The highest BCUT2D eigenvalue weighted by Gasteiger charge is 2.33. The third kappa shape index (κ3) is 9.14. The van der Waals surface area contributed by atoms with Crippen molar-refractivity contribution < 1.29 is 33.0 Å². The highest BCUT2D eigenvalue weighted by molar-refractivity contribution is 7.08. The zero-order chi connectivity index (χ0) is 29.4. The van der Waals surface area contributed by atoms with Crippen molar-refractivity contribution in [1.29, 1.82) is 0 Å². The van der Waals surface area contributed by atoms with Gasteiger partial charge in [-0.1, -0.05) is 29.8 Å². The van der Waals surface area contributed by atoms with Crippen molar-refractivity contribution in [2.24, 2.45) is 5.10 Å². The van der Waals surface area contributed by atoms with E-state index in [-0.39, 0.29) is 16.8 Å². The Bertz CT molecular complexity index is 1350.